The normalized spacial score (nSPS) is 13.4. The first-order valence-corrected chi connectivity index (χ1v) is 13.3. The lowest BCUT2D eigenvalue weighted by Crippen LogP contribution is -2.19. The highest BCUT2D eigenvalue weighted by Crippen LogP contribution is 2.20. The van der Waals surface area contributed by atoms with Gasteiger partial charge >= 0.3 is 5.97 Å². The van der Waals surface area contributed by atoms with E-state index in [9.17, 15) is 4.79 Å². The van der Waals surface area contributed by atoms with Gasteiger partial charge in [-0.05, 0) is 25.2 Å². The molecule has 0 spiro atoms. The monoisotopic (exact) mass is 410 g/mol. The molecule has 2 unspecified atom stereocenters. The smallest absolute Gasteiger partial charge is 0.308 e. The fourth-order valence-electron chi connectivity index (χ4n) is 4.06. The summed E-state index contributed by atoms with van der Waals surface area (Å²) in [5.41, 5.74) is 0. The number of carbonyl (C=O) groups excluding carboxylic acids is 1. The van der Waals surface area contributed by atoms with E-state index in [0.717, 1.165) is 12.8 Å². The summed E-state index contributed by atoms with van der Waals surface area (Å²) < 4.78 is 5.74. The highest BCUT2D eigenvalue weighted by molar-refractivity contribution is 5.71. The Labute approximate surface area is 184 Å². The van der Waals surface area contributed by atoms with E-state index in [1.54, 1.807) is 0 Å². The van der Waals surface area contributed by atoms with Crippen molar-refractivity contribution in [2.75, 3.05) is 6.61 Å². The predicted octanol–water partition coefficient (Wildman–Crippen LogP) is 9.25. The van der Waals surface area contributed by atoms with Crippen molar-refractivity contribution >= 4 is 5.97 Å². The molecular formula is C27H54O2. The van der Waals surface area contributed by atoms with E-state index >= 15 is 0 Å². The molecule has 0 aliphatic heterocycles. The van der Waals surface area contributed by atoms with Gasteiger partial charge in [-0.2, -0.15) is 0 Å². The second-order valence-electron chi connectivity index (χ2n) is 9.36. The molecule has 2 atom stereocenters. The first kappa shape index (κ1) is 28.5. The molecule has 2 nitrogen and oxygen atoms in total. The molecule has 0 bridgehead atoms. The topological polar surface area (TPSA) is 26.3 Å². The molecule has 0 aliphatic carbocycles. The van der Waals surface area contributed by atoms with Gasteiger partial charge in [0, 0.05) is 0 Å². The van der Waals surface area contributed by atoms with Crippen molar-refractivity contribution < 1.29 is 9.53 Å². The highest BCUT2D eigenvalue weighted by Gasteiger charge is 2.17. The van der Waals surface area contributed by atoms with Gasteiger partial charge in [0.15, 0.2) is 0 Å². The predicted molar refractivity (Wildman–Crippen MR) is 128 cm³/mol. The Hall–Kier alpha value is -0.530. The number of hydrogen-bond acceptors (Lipinski definition) is 2. The van der Waals surface area contributed by atoms with Gasteiger partial charge in [-0.25, -0.2) is 0 Å². The summed E-state index contributed by atoms with van der Waals surface area (Å²) in [6, 6.07) is 0. The van der Waals surface area contributed by atoms with Crippen LogP contribution in [0.25, 0.3) is 0 Å². The lowest BCUT2D eigenvalue weighted by atomic mass is 9.95. The number of unbranched alkanes of at least 4 members (excludes halogenated alkanes) is 13. The van der Waals surface area contributed by atoms with E-state index in [0.29, 0.717) is 12.5 Å². The zero-order valence-corrected chi connectivity index (χ0v) is 20.6. The minimum Gasteiger partial charge on any atom is -0.465 e. The zero-order valence-electron chi connectivity index (χ0n) is 20.6. The van der Waals surface area contributed by atoms with E-state index in [2.05, 4.69) is 20.8 Å². The summed E-state index contributed by atoms with van der Waals surface area (Å²) in [4.78, 5) is 12.4. The third-order valence-corrected chi connectivity index (χ3v) is 6.29. The average Bonchev–Trinajstić information content (AvgIpc) is 2.73. The summed E-state index contributed by atoms with van der Waals surface area (Å²) in [6.45, 7) is 9.48. The van der Waals surface area contributed by atoms with Crippen molar-refractivity contribution in [2.45, 2.75) is 150 Å². The summed E-state index contributed by atoms with van der Waals surface area (Å²) in [7, 11) is 0. The lowest BCUT2D eigenvalue weighted by molar-refractivity contribution is -0.149. The van der Waals surface area contributed by atoms with E-state index in [4.69, 9.17) is 4.74 Å². The average molecular weight is 411 g/mol. The van der Waals surface area contributed by atoms with Crippen molar-refractivity contribution in [1.82, 2.24) is 0 Å². The summed E-state index contributed by atoms with van der Waals surface area (Å²) in [6.07, 6.45) is 24.6. The maximum atomic E-state index is 12.4. The van der Waals surface area contributed by atoms with Crippen LogP contribution in [-0.2, 0) is 9.53 Å². The number of ether oxygens (including phenoxy) is 1. The fourth-order valence-corrected chi connectivity index (χ4v) is 4.06. The van der Waals surface area contributed by atoms with Gasteiger partial charge in [0.2, 0.25) is 0 Å². The molecule has 29 heavy (non-hydrogen) atoms. The van der Waals surface area contributed by atoms with Gasteiger partial charge in [-0.3, -0.25) is 4.79 Å². The molecule has 0 amide bonds. The largest absolute Gasteiger partial charge is 0.465 e. The number of hydrogen-bond donors (Lipinski definition) is 0. The van der Waals surface area contributed by atoms with Crippen LogP contribution in [0.5, 0.6) is 0 Å². The second kappa shape index (κ2) is 22.2. The van der Waals surface area contributed by atoms with Gasteiger partial charge in [0.1, 0.15) is 0 Å². The van der Waals surface area contributed by atoms with Crippen molar-refractivity contribution in [3.8, 4) is 0 Å². The Bertz CT molecular complexity index is 339. The van der Waals surface area contributed by atoms with Crippen molar-refractivity contribution in [3.05, 3.63) is 0 Å². The molecule has 0 radical (unpaired) electrons. The maximum Gasteiger partial charge on any atom is 0.308 e. The number of carbonyl (C=O) groups is 1. The van der Waals surface area contributed by atoms with Crippen LogP contribution in [-0.4, -0.2) is 12.6 Å². The Morgan fingerprint density at radius 3 is 1.52 bits per heavy atom. The Morgan fingerprint density at radius 1 is 0.586 bits per heavy atom. The second-order valence-corrected chi connectivity index (χ2v) is 9.36. The molecular weight excluding hydrogens is 356 g/mol. The van der Waals surface area contributed by atoms with Crippen LogP contribution < -0.4 is 0 Å². The van der Waals surface area contributed by atoms with Crippen molar-refractivity contribution in [1.29, 1.82) is 0 Å². The zero-order chi connectivity index (χ0) is 21.6. The molecule has 2 heteroatoms. The van der Waals surface area contributed by atoms with Crippen LogP contribution in [0.4, 0.5) is 0 Å². The molecule has 0 aromatic heterocycles. The standard InChI is InChI=1S/C27H54O2/c1-5-8-11-13-15-16-18-20-23-26(22-10-7-3)24-29-27(28)25(4)21-19-17-14-12-9-6-2/h25-26H,5-24H2,1-4H3. The number of esters is 1. The summed E-state index contributed by atoms with van der Waals surface area (Å²) in [5, 5.41) is 0. The first-order valence-electron chi connectivity index (χ1n) is 13.3. The molecule has 0 saturated heterocycles. The quantitative estimate of drug-likeness (QED) is 0.131. The number of rotatable bonds is 22. The van der Waals surface area contributed by atoms with Gasteiger partial charge < -0.3 is 4.74 Å². The van der Waals surface area contributed by atoms with Crippen LogP contribution in [0.2, 0.25) is 0 Å². The van der Waals surface area contributed by atoms with Gasteiger partial charge in [0.05, 0.1) is 12.5 Å². The van der Waals surface area contributed by atoms with Gasteiger partial charge in [-0.15, -0.1) is 0 Å². The van der Waals surface area contributed by atoms with Crippen LogP contribution in [0, 0.1) is 11.8 Å². The van der Waals surface area contributed by atoms with Crippen molar-refractivity contribution in [3.63, 3.8) is 0 Å². The molecule has 0 N–H and O–H groups in total. The maximum absolute atomic E-state index is 12.4. The van der Waals surface area contributed by atoms with Crippen LogP contribution in [0.1, 0.15) is 150 Å². The fraction of sp³-hybridized carbons (Fsp3) is 0.963. The van der Waals surface area contributed by atoms with Crippen LogP contribution in [0.3, 0.4) is 0 Å². The SMILES string of the molecule is CCCCCCCCCCC(CCCC)COC(=O)C(C)CCCCCCCC. The van der Waals surface area contributed by atoms with E-state index < -0.39 is 0 Å². The molecule has 0 fully saturated rings. The summed E-state index contributed by atoms with van der Waals surface area (Å²) >= 11 is 0. The van der Waals surface area contributed by atoms with Crippen molar-refractivity contribution in [2.24, 2.45) is 11.8 Å². The molecule has 0 aromatic rings. The highest BCUT2D eigenvalue weighted by atomic mass is 16.5. The van der Waals surface area contributed by atoms with E-state index in [1.165, 1.54) is 109 Å². The van der Waals surface area contributed by atoms with Gasteiger partial charge in [-0.1, -0.05) is 130 Å². The molecule has 0 aliphatic rings. The third kappa shape index (κ3) is 19.2. The third-order valence-electron chi connectivity index (χ3n) is 6.29. The lowest BCUT2D eigenvalue weighted by Gasteiger charge is -2.18. The van der Waals surface area contributed by atoms with Gasteiger partial charge in [0.25, 0.3) is 0 Å². The first-order chi connectivity index (χ1) is 14.2. The van der Waals surface area contributed by atoms with Crippen LogP contribution >= 0.6 is 0 Å². The Morgan fingerprint density at radius 2 is 1.00 bits per heavy atom. The molecule has 0 rings (SSSR count). The minimum absolute atomic E-state index is 0.0379. The minimum atomic E-state index is 0.0379. The molecule has 0 heterocycles. The molecule has 0 aromatic carbocycles. The Balaban J connectivity index is 3.90. The van der Waals surface area contributed by atoms with E-state index in [1.807, 2.05) is 6.92 Å². The molecule has 0 saturated carbocycles. The van der Waals surface area contributed by atoms with Crippen LogP contribution in [0.15, 0.2) is 0 Å². The molecule has 174 valence electrons. The van der Waals surface area contributed by atoms with E-state index in [-0.39, 0.29) is 11.9 Å². The Kier molecular flexibility index (Phi) is 21.8. The summed E-state index contributed by atoms with van der Waals surface area (Å²) in [5.74, 6) is 0.673.